The van der Waals surface area contributed by atoms with Crippen LogP contribution in [-0.2, 0) is 0 Å². The highest BCUT2D eigenvalue weighted by Gasteiger charge is 2.14. The van der Waals surface area contributed by atoms with Crippen molar-refractivity contribution in [3.05, 3.63) is 57.4 Å². The van der Waals surface area contributed by atoms with E-state index in [2.05, 4.69) is 26.2 Å². The lowest BCUT2D eigenvalue weighted by atomic mass is 10.2. The summed E-state index contributed by atoms with van der Waals surface area (Å²) in [6, 6.07) is 7.33. The van der Waals surface area contributed by atoms with Gasteiger partial charge in [0, 0.05) is 10.7 Å². The molecule has 0 radical (unpaired) electrons. The maximum absolute atomic E-state index is 13.5. The number of carbonyl (C=O) groups is 1. The minimum absolute atomic E-state index is 0.0777. The molecule has 92 valence electrons. The van der Waals surface area contributed by atoms with Gasteiger partial charge < -0.3 is 5.32 Å². The van der Waals surface area contributed by atoms with Gasteiger partial charge >= 0.3 is 0 Å². The fourth-order valence-electron chi connectivity index (χ4n) is 1.32. The van der Waals surface area contributed by atoms with Crippen LogP contribution in [0.2, 0.25) is 5.02 Å². The molecule has 18 heavy (non-hydrogen) atoms. The first-order chi connectivity index (χ1) is 8.58. The zero-order chi connectivity index (χ0) is 13.1. The quantitative estimate of drug-likeness (QED) is 0.908. The zero-order valence-electron chi connectivity index (χ0n) is 8.95. The molecule has 0 atom stereocenters. The monoisotopic (exact) mass is 328 g/mol. The number of hydrogen-bond donors (Lipinski definition) is 1. The van der Waals surface area contributed by atoms with E-state index in [9.17, 15) is 9.18 Å². The predicted octanol–water partition coefficient (Wildman–Crippen LogP) is 3.89. The standard InChI is InChI=1S/C12H7BrClFN2O/c13-7-3-4-10(15)8(6-7)12(18)17-11-9(14)2-1-5-16-11/h1-6H,(H,16,17,18). The Morgan fingerprint density at radius 3 is 2.89 bits per heavy atom. The van der Waals surface area contributed by atoms with E-state index in [4.69, 9.17) is 11.6 Å². The molecule has 0 saturated carbocycles. The number of nitrogens with one attached hydrogen (secondary N) is 1. The lowest BCUT2D eigenvalue weighted by molar-refractivity contribution is 0.102. The first kappa shape index (κ1) is 13.0. The third kappa shape index (κ3) is 2.86. The fourth-order valence-corrected chi connectivity index (χ4v) is 1.85. The Balaban J connectivity index is 2.28. The van der Waals surface area contributed by atoms with Crippen molar-refractivity contribution in [1.82, 2.24) is 4.98 Å². The van der Waals surface area contributed by atoms with Crippen LogP contribution in [0.4, 0.5) is 10.2 Å². The normalized spacial score (nSPS) is 10.2. The average Bonchev–Trinajstić information content (AvgIpc) is 2.35. The summed E-state index contributed by atoms with van der Waals surface area (Å²) in [7, 11) is 0. The Morgan fingerprint density at radius 2 is 2.17 bits per heavy atom. The Hall–Kier alpha value is -1.46. The molecule has 0 unspecified atom stereocenters. The van der Waals surface area contributed by atoms with Crippen molar-refractivity contribution in [2.75, 3.05) is 5.32 Å². The summed E-state index contributed by atoms with van der Waals surface area (Å²) in [4.78, 5) is 15.8. The van der Waals surface area contributed by atoms with Crippen molar-refractivity contribution in [1.29, 1.82) is 0 Å². The molecule has 0 fully saturated rings. The van der Waals surface area contributed by atoms with E-state index in [1.165, 1.54) is 24.4 Å². The first-order valence-corrected chi connectivity index (χ1v) is 6.12. The molecule has 0 aliphatic carbocycles. The van der Waals surface area contributed by atoms with Crippen molar-refractivity contribution in [2.24, 2.45) is 0 Å². The zero-order valence-corrected chi connectivity index (χ0v) is 11.3. The van der Waals surface area contributed by atoms with Crippen molar-refractivity contribution in [3.63, 3.8) is 0 Å². The van der Waals surface area contributed by atoms with Gasteiger partial charge in [0.05, 0.1) is 10.6 Å². The maximum atomic E-state index is 13.5. The van der Waals surface area contributed by atoms with E-state index in [0.717, 1.165) is 0 Å². The van der Waals surface area contributed by atoms with Gasteiger partial charge in [0.1, 0.15) is 5.82 Å². The van der Waals surface area contributed by atoms with Crippen LogP contribution in [0.5, 0.6) is 0 Å². The molecule has 1 aromatic heterocycles. The maximum Gasteiger partial charge on any atom is 0.259 e. The van der Waals surface area contributed by atoms with E-state index >= 15 is 0 Å². The van der Waals surface area contributed by atoms with E-state index in [-0.39, 0.29) is 11.4 Å². The molecule has 2 aromatic rings. The molecular weight excluding hydrogens is 322 g/mol. The number of benzene rings is 1. The summed E-state index contributed by atoms with van der Waals surface area (Å²) in [5.41, 5.74) is -0.0777. The summed E-state index contributed by atoms with van der Waals surface area (Å²) in [5.74, 6) is -1.01. The number of carbonyl (C=O) groups excluding carboxylic acids is 1. The summed E-state index contributed by atoms with van der Waals surface area (Å²) in [5, 5.41) is 2.74. The third-order valence-corrected chi connectivity index (χ3v) is 2.96. The van der Waals surface area contributed by atoms with Crippen LogP contribution in [0.15, 0.2) is 41.0 Å². The van der Waals surface area contributed by atoms with Crippen LogP contribution >= 0.6 is 27.5 Å². The van der Waals surface area contributed by atoms with Gasteiger partial charge in [-0.25, -0.2) is 9.37 Å². The molecule has 2 rings (SSSR count). The van der Waals surface area contributed by atoms with E-state index in [0.29, 0.717) is 9.50 Å². The average molecular weight is 330 g/mol. The molecule has 1 heterocycles. The second-order valence-electron chi connectivity index (χ2n) is 3.41. The van der Waals surface area contributed by atoms with Gasteiger partial charge in [-0.3, -0.25) is 4.79 Å². The molecule has 0 saturated heterocycles. The van der Waals surface area contributed by atoms with Crippen molar-refractivity contribution < 1.29 is 9.18 Å². The van der Waals surface area contributed by atoms with Crippen molar-refractivity contribution >= 4 is 39.3 Å². The van der Waals surface area contributed by atoms with Gasteiger partial charge in [0.2, 0.25) is 0 Å². The third-order valence-electron chi connectivity index (χ3n) is 2.16. The number of nitrogens with zero attached hydrogens (tertiary/aromatic N) is 1. The molecule has 1 N–H and O–H groups in total. The van der Waals surface area contributed by atoms with Gasteiger partial charge in [-0.1, -0.05) is 27.5 Å². The number of pyridine rings is 1. The molecule has 0 aliphatic heterocycles. The minimum Gasteiger partial charge on any atom is -0.305 e. The molecule has 0 spiro atoms. The summed E-state index contributed by atoms with van der Waals surface area (Å²) in [6.07, 6.45) is 1.48. The minimum atomic E-state index is -0.609. The molecule has 3 nitrogen and oxygen atoms in total. The summed E-state index contributed by atoms with van der Waals surface area (Å²) < 4.78 is 14.1. The van der Waals surface area contributed by atoms with Crippen LogP contribution < -0.4 is 5.32 Å². The summed E-state index contributed by atoms with van der Waals surface area (Å²) >= 11 is 9.02. The van der Waals surface area contributed by atoms with Crippen LogP contribution in [0.3, 0.4) is 0 Å². The first-order valence-electron chi connectivity index (χ1n) is 4.95. The Kier molecular flexibility index (Phi) is 3.93. The summed E-state index contributed by atoms with van der Waals surface area (Å²) in [6.45, 7) is 0. The smallest absolute Gasteiger partial charge is 0.259 e. The topological polar surface area (TPSA) is 42.0 Å². The lowest BCUT2D eigenvalue weighted by Crippen LogP contribution is -2.15. The second kappa shape index (κ2) is 5.46. The number of anilines is 1. The highest BCUT2D eigenvalue weighted by Crippen LogP contribution is 2.20. The van der Waals surface area contributed by atoms with Crippen LogP contribution in [-0.4, -0.2) is 10.9 Å². The molecule has 1 amide bonds. The van der Waals surface area contributed by atoms with E-state index in [1.807, 2.05) is 0 Å². The molecule has 6 heteroatoms. The van der Waals surface area contributed by atoms with Gasteiger partial charge in [-0.15, -0.1) is 0 Å². The second-order valence-corrected chi connectivity index (χ2v) is 4.73. The largest absolute Gasteiger partial charge is 0.305 e. The van der Waals surface area contributed by atoms with E-state index in [1.54, 1.807) is 12.1 Å². The Morgan fingerprint density at radius 1 is 1.39 bits per heavy atom. The van der Waals surface area contributed by atoms with Crippen molar-refractivity contribution in [3.8, 4) is 0 Å². The number of rotatable bonds is 2. The highest BCUT2D eigenvalue weighted by molar-refractivity contribution is 9.10. The number of amides is 1. The highest BCUT2D eigenvalue weighted by atomic mass is 79.9. The van der Waals surface area contributed by atoms with Crippen molar-refractivity contribution in [2.45, 2.75) is 0 Å². The van der Waals surface area contributed by atoms with Gasteiger partial charge in [0.25, 0.3) is 5.91 Å². The predicted molar refractivity (Wildman–Crippen MR) is 71.3 cm³/mol. The van der Waals surface area contributed by atoms with Crippen LogP contribution in [0.25, 0.3) is 0 Å². The van der Waals surface area contributed by atoms with E-state index < -0.39 is 11.7 Å². The Bertz CT molecular complexity index is 606. The number of halogens is 3. The SMILES string of the molecule is O=C(Nc1ncccc1Cl)c1cc(Br)ccc1F. The van der Waals surface area contributed by atoms with Gasteiger partial charge in [0.15, 0.2) is 5.82 Å². The molecule has 0 bridgehead atoms. The fraction of sp³-hybridized carbons (Fsp3) is 0. The number of hydrogen-bond acceptors (Lipinski definition) is 2. The molecular formula is C12H7BrClFN2O. The van der Waals surface area contributed by atoms with Gasteiger partial charge in [-0.2, -0.15) is 0 Å². The lowest BCUT2D eigenvalue weighted by Gasteiger charge is -2.06. The molecule has 1 aromatic carbocycles. The Labute approximate surface area is 116 Å². The molecule has 0 aliphatic rings. The van der Waals surface area contributed by atoms with Gasteiger partial charge in [-0.05, 0) is 30.3 Å². The van der Waals surface area contributed by atoms with Crippen LogP contribution in [0.1, 0.15) is 10.4 Å². The van der Waals surface area contributed by atoms with Crippen LogP contribution in [0, 0.1) is 5.82 Å². The number of aromatic nitrogens is 1.